The lowest BCUT2D eigenvalue weighted by atomic mass is 10.2. The first-order valence-corrected chi connectivity index (χ1v) is 8.58. The van der Waals surface area contributed by atoms with Crippen molar-refractivity contribution in [3.8, 4) is 5.75 Å². The fourth-order valence-electron chi connectivity index (χ4n) is 1.77. The maximum atomic E-state index is 5.58. The zero-order chi connectivity index (χ0) is 14.5. The monoisotopic (exact) mass is 461 g/mol. The standard InChI is InChI=1S/C15H14Br3NO/c1-2-20-15-13(17)7-10(8-14(15)18)9-19-12-5-3-11(16)4-6-12/h3-8,19H,2,9H2,1H3. The highest BCUT2D eigenvalue weighted by molar-refractivity contribution is 9.11. The lowest BCUT2D eigenvalue weighted by Gasteiger charge is -2.12. The quantitative estimate of drug-likeness (QED) is 0.588. The second-order valence-corrected chi connectivity index (χ2v) is 6.81. The molecule has 0 aliphatic rings. The molecule has 0 amide bonds. The average molecular weight is 464 g/mol. The van der Waals surface area contributed by atoms with Crippen LogP contribution >= 0.6 is 47.8 Å². The Kier molecular flexibility index (Phi) is 5.93. The zero-order valence-corrected chi connectivity index (χ0v) is 15.7. The van der Waals surface area contributed by atoms with Crippen LogP contribution in [0.15, 0.2) is 49.8 Å². The van der Waals surface area contributed by atoms with Gasteiger partial charge in [-0.3, -0.25) is 0 Å². The predicted octanol–water partition coefficient (Wildman–Crippen LogP) is 5.98. The predicted molar refractivity (Wildman–Crippen MR) is 94.5 cm³/mol. The Morgan fingerprint density at radius 2 is 1.60 bits per heavy atom. The van der Waals surface area contributed by atoms with Gasteiger partial charge in [0.1, 0.15) is 5.75 Å². The fourth-order valence-corrected chi connectivity index (χ4v) is 3.54. The van der Waals surface area contributed by atoms with E-state index in [1.54, 1.807) is 0 Å². The first kappa shape index (κ1) is 15.9. The second kappa shape index (κ2) is 7.48. The molecule has 0 spiro atoms. The van der Waals surface area contributed by atoms with Gasteiger partial charge in [-0.25, -0.2) is 0 Å². The van der Waals surface area contributed by atoms with Crippen LogP contribution in [0.5, 0.6) is 5.75 Å². The van der Waals surface area contributed by atoms with E-state index in [2.05, 4.69) is 65.2 Å². The summed E-state index contributed by atoms with van der Waals surface area (Å²) in [7, 11) is 0. The van der Waals surface area contributed by atoms with E-state index in [0.29, 0.717) is 6.61 Å². The molecule has 0 bridgehead atoms. The van der Waals surface area contributed by atoms with Crippen LogP contribution in [0.1, 0.15) is 12.5 Å². The summed E-state index contributed by atoms with van der Waals surface area (Å²) >= 11 is 10.5. The zero-order valence-electron chi connectivity index (χ0n) is 10.9. The van der Waals surface area contributed by atoms with Gasteiger partial charge in [0.2, 0.25) is 0 Å². The molecule has 0 radical (unpaired) electrons. The van der Waals surface area contributed by atoms with Crippen LogP contribution < -0.4 is 10.1 Å². The number of ether oxygens (including phenoxy) is 1. The van der Waals surface area contributed by atoms with Gasteiger partial charge in [0.05, 0.1) is 15.6 Å². The van der Waals surface area contributed by atoms with E-state index in [-0.39, 0.29) is 0 Å². The minimum Gasteiger partial charge on any atom is -0.492 e. The highest BCUT2D eigenvalue weighted by Gasteiger charge is 2.08. The van der Waals surface area contributed by atoms with Crippen LogP contribution in [-0.4, -0.2) is 6.61 Å². The molecule has 0 unspecified atom stereocenters. The number of hydrogen-bond acceptors (Lipinski definition) is 2. The van der Waals surface area contributed by atoms with Crippen LogP contribution in [0.3, 0.4) is 0 Å². The number of rotatable bonds is 5. The summed E-state index contributed by atoms with van der Waals surface area (Å²) in [6.45, 7) is 3.38. The third kappa shape index (κ3) is 4.24. The number of hydrogen-bond donors (Lipinski definition) is 1. The summed E-state index contributed by atoms with van der Waals surface area (Å²) in [4.78, 5) is 0. The van der Waals surface area contributed by atoms with E-state index >= 15 is 0 Å². The molecule has 2 rings (SSSR count). The first-order chi connectivity index (χ1) is 9.60. The Morgan fingerprint density at radius 1 is 1.00 bits per heavy atom. The number of anilines is 1. The van der Waals surface area contributed by atoms with Crippen molar-refractivity contribution in [2.75, 3.05) is 11.9 Å². The minimum atomic E-state index is 0.647. The minimum absolute atomic E-state index is 0.647. The van der Waals surface area contributed by atoms with E-state index in [9.17, 15) is 0 Å². The lowest BCUT2D eigenvalue weighted by Crippen LogP contribution is -2.01. The normalized spacial score (nSPS) is 10.4. The second-order valence-electron chi connectivity index (χ2n) is 4.18. The third-order valence-electron chi connectivity index (χ3n) is 2.69. The Labute approximate surface area is 144 Å². The van der Waals surface area contributed by atoms with Crippen molar-refractivity contribution < 1.29 is 4.74 Å². The molecule has 0 aliphatic heterocycles. The van der Waals surface area contributed by atoms with Gasteiger partial charge in [-0.15, -0.1) is 0 Å². The Morgan fingerprint density at radius 3 is 2.15 bits per heavy atom. The average Bonchev–Trinajstić information content (AvgIpc) is 2.42. The van der Waals surface area contributed by atoms with Gasteiger partial charge in [-0.1, -0.05) is 15.9 Å². The number of halogens is 3. The summed E-state index contributed by atoms with van der Waals surface area (Å²) in [5, 5.41) is 3.39. The van der Waals surface area contributed by atoms with E-state index in [4.69, 9.17) is 4.74 Å². The maximum absolute atomic E-state index is 5.58. The maximum Gasteiger partial charge on any atom is 0.147 e. The summed E-state index contributed by atoms with van der Waals surface area (Å²) in [5.41, 5.74) is 2.27. The molecule has 1 N–H and O–H groups in total. The van der Waals surface area contributed by atoms with E-state index in [1.807, 2.05) is 31.2 Å². The van der Waals surface area contributed by atoms with Gasteiger partial charge in [-0.05, 0) is 80.7 Å². The molecule has 2 aromatic carbocycles. The molecule has 20 heavy (non-hydrogen) atoms. The van der Waals surface area contributed by atoms with E-state index in [1.165, 1.54) is 5.56 Å². The van der Waals surface area contributed by atoms with Crippen molar-refractivity contribution >= 4 is 53.5 Å². The molecule has 0 atom stereocenters. The SMILES string of the molecule is CCOc1c(Br)cc(CNc2ccc(Br)cc2)cc1Br. The summed E-state index contributed by atoms with van der Waals surface area (Å²) in [6, 6.07) is 12.3. The largest absolute Gasteiger partial charge is 0.492 e. The molecule has 5 heteroatoms. The number of benzene rings is 2. The first-order valence-electron chi connectivity index (χ1n) is 6.20. The van der Waals surface area contributed by atoms with Crippen molar-refractivity contribution in [1.82, 2.24) is 0 Å². The van der Waals surface area contributed by atoms with Crippen LogP contribution in [0.25, 0.3) is 0 Å². The highest BCUT2D eigenvalue weighted by atomic mass is 79.9. The van der Waals surface area contributed by atoms with Crippen molar-refractivity contribution in [3.63, 3.8) is 0 Å². The van der Waals surface area contributed by atoms with Crippen molar-refractivity contribution in [3.05, 3.63) is 55.4 Å². The van der Waals surface area contributed by atoms with Crippen LogP contribution in [-0.2, 0) is 6.54 Å². The smallest absolute Gasteiger partial charge is 0.147 e. The van der Waals surface area contributed by atoms with Gasteiger partial charge in [0.15, 0.2) is 0 Å². The molecule has 0 saturated heterocycles. The molecule has 106 valence electrons. The van der Waals surface area contributed by atoms with Gasteiger partial charge in [0.25, 0.3) is 0 Å². The molecule has 0 aromatic heterocycles. The van der Waals surface area contributed by atoms with Gasteiger partial charge in [0, 0.05) is 16.7 Å². The Balaban J connectivity index is 2.08. The lowest BCUT2D eigenvalue weighted by molar-refractivity contribution is 0.336. The van der Waals surface area contributed by atoms with E-state index in [0.717, 1.165) is 31.4 Å². The molecule has 0 saturated carbocycles. The van der Waals surface area contributed by atoms with Crippen molar-refractivity contribution in [2.45, 2.75) is 13.5 Å². The summed E-state index contributed by atoms with van der Waals surface area (Å²) < 4.78 is 8.58. The third-order valence-corrected chi connectivity index (χ3v) is 4.39. The van der Waals surface area contributed by atoms with Gasteiger partial charge in [-0.2, -0.15) is 0 Å². The molecular formula is C15H14Br3NO. The van der Waals surface area contributed by atoms with Crippen molar-refractivity contribution in [1.29, 1.82) is 0 Å². The molecule has 0 heterocycles. The summed E-state index contributed by atoms with van der Waals surface area (Å²) in [5.74, 6) is 0.847. The Hall–Kier alpha value is -0.520. The van der Waals surface area contributed by atoms with Gasteiger partial charge >= 0.3 is 0 Å². The molecule has 0 fully saturated rings. The van der Waals surface area contributed by atoms with Crippen LogP contribution in [0.2, 0.25) is 0 Å². The molecule has 0 aliphatic carbocycles. The fraction of sp³-hybridized carbons (Fsp3) is 0.200. The highest BCUT2D eigenvalue weighted by Crippen LogP contribution is 2.35. The van der Waals surface area contributed by atoms with Crippen molar-refractivity contribution in [2.24, 2.45) is 0 Å². The van der Waals surface area contributed by atoms with E-state index < -0.39 is 0 Å². The Bertz CT molecular complexity index is 561. The number of nitrogens with one attached hydrogen (secondary N) is 1. The molecule has 2 nitrogen and oxygen atoms in total. The topological polar surface area (TPSA) is 21.3 Å². The summed E-state index contributed by atoms with van der Waals surface area (Å²) in [6.07, 6.45) is 0. The van der Waals surface area contributed by atoms with Crippen LogP contribution in [0, 0.1) is 0 Å². The van der Waals surface area contributed by atoms with Gasteiger partial charge < -0.3 is 10.1 Å². The van der Waals surface area contributed by atoms with Crippen LogP contribution in [0.4, 0.5) is 5.69 Å². The molecular weight excluding hydrogens is 450 g/mol. The molecule has 2 aromatic rings.